The lowest BCUT2D eigenvalue weighted by Gasteiger charge is -2.15. The molecule has 0 aliphatic rings. The summed E-state index contributed by atoms with van der Waals surface area (Å²) in [4.78, 5) is 0. The molecule has 17 heavy (non-hydrogen) atoms. The summed E-state index contributed by atoms with van der Waals surface area (Å²) in [5.41, 5.74) is 0.207. The molecule has 0 fully saturated rings. The maximum absolute atomic E-state index is 12.5. The minimum Gasteiger partial charge on any atom is -0.239 e. The molecule has 0 saturated carbocycles. The fourth-order valence-electron chi connectivity index (χ4n) is 0.796. The van der Waals surface area contributed by atoms with Crippen molar-refractivity contribution < 1.29 is 26.2 Å². The van der Waals surface area contributed by atoms with E-state index in [1.165, 1.54) is 29.5 Å². The SMILES string of the molecule is O=S(C#Cc1ccccc1)C(F)(F)C(F)(F)F. The van der Waals surface area contributed by atoms with Crippen molar-refractivity contribution in [1.82, 2.24) is 0 Å². The van der Waals surface area contributed by atoms with E-state index in [9.17, 15) is 26.2 Å². The zero-order valence-electron chi connectivity index (χ0n) is 8.09. The van der Waals surface area contributed by atoms with Gasteiger partial charge in [0.1, 0.15) is 0 Å². The van der Waals surface area contributed by atoms with Crippen LogP contribution in [0.3, 0.4) is 0 Å². The van der Waals surface area contributed by atoms with E-state index in [4.69, 9.17) is 0 Å². The normalized spacial score (nSPS) is 13.7. The van der Waals surface area contributed by atoms with Crippen LogP contribution in [0.4, 0.5) is 22.0 Å². The molecule has 0 aromatic heterocycles. The largest absolute Gasteiger partial charge is 0.467 e. The average Bonchev–Trinajstić information content (AvgIpc) is 2.25. The Morgan fingerprint density at radius 1 is 1.00 bits per heavy atom. The summed E-state index contributed by atoms with van der Waals surface area (Å²) >= 11 is 0. The number of alkyl halides is 5. The first-order valence-corrected chi connectivity index (χ1v) is 5.33. The maximum Gasteiger partial charge on any atom is 0.467 e. The Bertz CT molecular complexity index is 469. The van der Waals surface area contributed by atoms with Gasteiger partial charge in [0.25, 0.3) is 0 Å². The highest BCUT2D eigenvalue weighted by Gasteiger charge is 2.62. The van der Waals surface area contributed by atoms with Gasteiger partial charge in [0.2, 0.25) is 0 Å². The van der Waals surface area contributed by atoms with Crippen molar-refractivity contribution in [2.75, 3.05) is 0 Å². The van der Waals surface area contributed by atoms with E-state index >= 15 is 0 Å². The van der Waals surface area contributed by atoms with Crippen molar-refractivity contribution >= 4 is 10.8 Å². The minimum atomic E-state index is -5.87. The van der Waals surface area contributed by atoms with Gasteiger partial charge in [0.15, 0.2) is 10.8 Å². The van der Waals surface area contributed by atoms with Crippen LogP contribution in [0.15, 0.2) is 30.3 Å². The second-order valence-corrected chi connectivity index (χ2v) is 4.13. The van der Waals surface area contributed by atoms with Crippen molar-refractivity contribution in [3.05, 3.63) is 35.9 Å². The zero-order chi connectivity index (χ0) is 13.1. The molecular formula is C10H5F5OS. The van der Waals surface area contributed by atoms with E-state index in [-0.39, 0.29) is 5.56 Å². The summed E-state index contributed by atoms with van der Waals surface area (Å²) < 4.78 is 71.1. The lowest BCUT2D eigenvalue weighted by Crippen LogP contribution is -2.39. The molecule has 0 radical (unpaired) electrons. The maximum atomic E-state index is 12.5. The van der Waals surface area contributed by atoms with Crippen LogP contribution >= 0.6 is 0 Å². The van der Waals surface area contributed by atoms with Gasteiger partial charge in [-0.2, -0.15) is 22.0 Å². The molecule has 0 aliphatic carbocycles. The Morgan fingerprint density at radius 3 is 2.00 bits per heavy atom. The second kappa shape index (κ2) is 4.84. The molecule has 0 spiro atoms. The van der Waals surface area contributed by atoms with E-state index in [0.717, 1.165) is 0 Å². The molecule has 1 rings (SSSR count). The van der Waals surface area contributed by atoms with Crippen LogP contribution < -0.4 is 0 Å². The zero-order valence-corrected chi connectivity index (χ0v) is 8.91. The monoisotopic (exact) mass is 268 g/mol. The summed E-state index contributed by atoms with van der Waals surface area (Å²) in [5, 5.41) is -3.93. The number of halogens is 5. The second-order valence-electron chi connectivity index (χ2n) is 2.88. The summed E-state index contributed by atoms with van der Waals surface area (Å²) in [7, 11) is -3.62. The molecule has 0 saturated heterocycles. The van der Waals surface area contributed by atoms with Gasteiger partial charge in [-0.3, -0.25) is 0 Å². The summed E-state index contributed by atoms with van der Waals surface area (Å²) in [6, 6.07) is 7.46. The molecule has 1 aromatic rings. The Morgan fingerprint density at radius 2 is 1.53 bits per heavy atom. The molecule has 1 nitrogen and oxygen atoms in total. The molecule has 1 unspecified atom stereocenters. The van der Waals surface area contributed by atoms with E-state index in [0.29, 0.717) is 0 Å². The predicted molar refractivity (Wildman–Crippen MR) is 52.5 cm³/mol. The van der Waals surface area contributed by atoms with Gasteiger partial charge in [0, 0.05) is 10.8 Å². The first-order valence-electron chi connectivity index (χ1n) is 4.18. The first kappa shape index (κ1) is 13.6. The lowest BCUT2D eigenvalue weighted by atomic mass is 10.2. The van der Waals surface area contributed by atoms with Crippen LogP contribution in [0.1, 0.15) is 5.56 Å². The van der Waals surface area contributed by atoms with Crippen LogP contribution in [0.5, 0.6) is 0 Å². The summed E-state index contributed by atoms with van der Waals surface area (Å²) in [6.45, 7) is 0. The van der Waals surface area contributed by atoms with Gasteiger partial charge in [-0.05, 0) is 12.1 Å². The molecule has 0 bridgehead atoms. The van der Waals surface area contributed by atoms with Crippen molar-refractivity contribution in [2.24, 2.45) is 0 Å². The Kier molecular flexibility index (Phi) is 3.88. The highest BCUT2D eigenvalue weighted by molar-refractivity contribution is 7.90. The minimum absolute atomic E-state index is 0.207. The highest BCUT2D eigenvalue weighted by Crippen LogP contribution is 2.37. The number of hydrogen-bond acceptors (Lipinski definition) is 1. The average molecular weight is 268 g/mol. The predicted octanol–water partition coefficient (Wildman–Crippen LogP) is 2.90. The topological polar surface area (TPSA) is 17.1 Å². The standard InChI is InChI=1S/C10H5F5OS/c11-9(12,13)10(14,15)17(16)7-6-8-4-2-1-3-5-8/h1-5H. The fourth-order valence-corrected chi connectivity index (χ4v) is 1.34. The molecular weight excluding hydrogens is 263 g/mol. The quantitative estimate of drug-likeness (QED) is 0.565. The number of hydrogen-bond donors (Lipinski definition) is 0. The van der Waals surface area contributed by atoms with Gasteiger partial charge in [-0.1, -0.05) is 24.1 Å². The number of benzene rings is 1. The van der Waals surface area contributed by atoms with E-state index < -0.39 is 22.2 Å². The van der Waals surface area contributed by atoms with Crippen molar-refractivity contribution in [3.63, 3.8) is 0 Å². The van der Waals surface area contributed by atoms with E-state index in [2.05, 4.69) is 0 Å². The molecule has 0 N–H and O–H groups in total. The van der Waals surface area contributed by atoms with Crippen LogP contribution in [-0.2, 0) is 10.8 Å². The van der Waals surface area contributed by atoms with Crippen molar-refractivity contribution in [1.29, 1.82) is 0 Å². The Labute approximate surface area is 96.1 Å². The van der Waals surface area contributed by atoms with Crippen LogP contribution in [0.2, 0.25) is 0 Å². The molecule has 0 amide bonds. The number of rotatable bonds is 1. The molecule has 7 heteroatoms. The molecule has 1 atom stereocenters. The van der Waals surface area contributed by atoms with E-state index in [1.54, 1.807) is 6.07 Å². The lowest BCUT2D eigenvalue weighted by molar-refractivity contribution is -0.239. The molecule has 0 aliphatic heterocycles. The molecule has 92 valence electrons. The first-order chi connectivity index (χ1) is 7.75. The van der Waals surface area contributed by atoms with Gasteiger partial charge >= 0.3 is 11.4 Å². The Balaban J connectivity index is 2.92. The molecule has 1 aromatic carbocycles. The van der Waals surface area contributed by atoms with Gasteiger partial charge in [-0.15, -0.1) is 0 Å². The highest BCUT2D eigenvalue weighted by atomic mass is 32.2. The third-order valence-corrected chi connectivity index (χ3v) is 2.61. The fraction of sp³-hybridized carbons (Fsp3) is 0.200. The van der Waals surface area contributed by atoms with Gasteiger partial charge < -0.3 is 0 Å². The third kappa shape index (κ3) is 3.27. The van der Waals surface area contributed by atoms with Crippen molar-refractivity contribution in [2.45, 2.75) is 11.4 Å². The van der Waals surface area contributed by atoms with Crippen LogP contribution in [0.25, 0.3) is 0 Å². The summed E-state index contributed by atoms with van der Waals surface area (Å²) in [6.07, 6.45) is -5.87. The van der Waals surface area contributed by atoms with Gasteiger partial charge in [-0.25, -0.2) is 4.21 Å². The smallest absolute Gasteiger partial charge is 0.239 e. The Hall–Kier alpha value is -1.42. The van der Waals surface area contributed by atoms with Crippen molar-refractivity contribution in [3.8, 4) is 11.2 Å². The van der Waals surface area contributed by atoms with E-state index in [1.807, 2.05) is 5.92 Å². The summed E-state index contributed by atoms with van der Waals surface area (Å²) in [5.74, 6) is 1.99. The van der Waals surface area contributed by atoms with Crippen LogP contribution in [-0.4, -0.2) is 15.6 Å². The molecule has 0 heterocycles. The van der Waals surface area contributed by atoms with Gasteiger partial charge in [0.05, 0.1) is 0 Å². The third-order valence-electron chi connectivity index (χ3n) is 1.62. The van der Waals surface area contributed by atoms with Crippen LogP contribution in [0, 0.1) is 11.2 Å².